The summed E-state index contributed by atoms with van der Waals surface area (Å²) in [6.45, 7) is 8.13. The maximum atomic E-state index is 5.92. The molecular formula is C17H23N3O. The van der Waals surface area contributed by atoms with Crippen LogP contribution in [0.25, 0.3) is 0 Å². The van der Waals surface area contributed by atoms with Crippen LogP contribution in [0.5, 0.6) is 11.6 Å². The Balaban J connectivity index is 2.11. The molecular weight excluding hydrogens is 262 g/mol. The molecule has 4 nitrogen and oxygen atoms in total. The molecule has 0 aliphatic rings. The number of rotatable bonds is 7. The van der Waals surface area contributed by atoms with Gasteiger partial charge in [-0.1, -0.05) is 39.0 Å². The third kappa shape index (κ3) is 4.53. The summed E-state index contributed by atoms with van der Waals surface area (Å²) in [6.07, 6.45) is 4.52. The van der Waals surface area contributed by atoms with E-state index in [0.717, 1.165) is 24.4 Å². The van der Waals surface area contributed by atoms with Gasteiger partial charge in [-0.2, -0.15) is 0 Å². The zero-order chi connectivity index (χ0) is 15.1. The molecule has 0 atom stereocenters. The Bertz CT molecular complexity index is 569. The van der Waals surface area contributed by atoms with E-state index in [2.05, 4.69) is 42.1 Å². The fourth-order valence-corrected chi connectivity index (χ4v) is 2.08. The van der Waals surface area contributed by atoms with Gasteiger partial charge < -0.3 is 10.1 Å². The van der Waals surface area contributed by atoms with Crippen molar-refractivity contribution in [2.75, 3.05) is 6.54 Å². The highest BCUT2D eigenvalue weighted by Crippen LogP contribution is 2.29. The molecule has 0 aliphatic heterocycles. The zero-order valence-electron chi connectivity index (χ0n) is 13.0. The first-order valence-corrected chi connectivity index (χ1v) is 7.49. The lowest BCUT2D eigenvalue weighted by molar-refractivity contribution is 0.448. The molecule has 21 heavy (non-hydrogen) atoms. The Hall–Kier alpha value is -1.94. The highest BCUT2D eigenvalue weighted by Gasteiger charge is 2.09. The molecule has 4 heteroatoms. The van der Waals surface area contributed by atoms with Crippen LogP contribution in [0.4, 0.5) is 0 Å². The Morgan fingerprint density at radius 2 is 2.00 bits per heavy atom. The molecule has 0 radical (unpaired) electrons. The Kier molecular flexibility index (Phi) is 5.69. The molecule has 1 aromatic heterocycles. The molecule has 112 valence electrons. The van der Waals surface area contributed by atoms with E-state index in [0.29, 0.717) is 18.3 Å². The van der Waals surface area contributed by atoms with Crippen LogP contribution in [-0.2, 0) is 6.54 Å². The number of para-hydroxylation sites is 1. The minimum atomic E-state index is 0.406. The molecule has 0 fully saturated rings. The number of nitrogens with zero attached hydrogens (tertiary/aromatic N) is 2. The van der Waals surface area contributed by atoms with Gasteiger partial charge in [0.25, 0.3) is 0 Å². The van der Waals surface area contributed by atoms with Gasteiger partial charge >= 0.3 is 0 Å². The summed E-state index contributed by atoms with van der Waals surface area (Å²) in [5, 5.41) is 3.31. The number of hydrogen-bond donors (Lipinski definition) is 1. The highest BCUT2D eigenvalue weighted by atomic mass is 16.5. The molecule has 0 saturated carbocycles. The van der Waals surface area contributed by atoms with Gasteiger partial charge in [-0.05, 0) is 30.5 Å². The Labute approximate surface area is 126 Å². The van der Waals surface area contributed by atoms with Gasteiger partial charge in [0.15, 0.2) is 0 Å². The van der Waals surface area contributed by atoms with Crippen molar-refractivity contribution in [2.24, 2.45) is 0 Å². The van der Waals surface area contributed by atoms with E-state index in [1.807, 2.05) is 18.2 Å². The molecule has 0 aliphatic carbocycles. The summed E-state index contributed by atoms with van der Waals surface area (Å²) in [4.78, 5) is 8.70. The number of hydrogen-bond acceptors (Lipinski definition) is 4. The smallest absolute Gasteiger partial charge is 0.238 e. The molecule has 0 spiro atoms. The molecule has 1 aromatic carbocycles. The summed E-state index contributed by atoms with van der Waals surface area (Å²) in [7, 11) is 0. The normalized spacial score (nSPS) is 10.9. The topological polar surface area (TPSA) is 47.0 Å². The van der Waals surface area contributed by atoms with Crippen molar-refractivity contribution < 1.29 is 4.74 Å². The van der Waals surface area contributed by atoms with Crippen LogP contribution in [-0.4, -0.2) is 16.5 Å². The third-order valence-electron chi connectivity index (χ3n) is 3.15. The standard InChI is InChI=1S/C17H23N3O/c1-4-9-18-10-14-11-19-12-17(20-14)21-16-8-6-5-7-15(16)13(2)3/h5-8,11-13,18H,4,9-10H2,1-3H3. The third-order valence-corrected chi connectivity index (χ3v) is 3.15. The first-order valence-electron chi connectivity index (χ1n) is 7.49. The number of ether oxygens (including phenoxy) is 1. The van der Waals surface area contributed by atoms with Gasteiger partial charge in [0.1, 0.15) is 5.75 Å². The van der Waals surface area contributed by atoms with Crippen molar-refractivity contribution in [1.82, 2.24) is 15.3 Å². The predicted molar refractivity (Wildman–Crippen MR) is 84.6 cm³/mol. The largest absolute Gasteiger partial charge is 0.437 e. The van der Waals surface area contributed by atoms with Crippen LogP contribution < -0.4 is 10.1 Å². The van der Waals surface area contributed by atoms with E-state index in [1.54, 1.807) is 12.4 Å². The maximum Gasteiger partial charge on any atom is 0.238 e. The van der Waals surface area contributed by atoms with Crippen molar-refractivity contribution in [3.63, 3.8) is 0 Å². The van der Waals surface area contributed by atoms with E-state index in [4.69, 9.17) is 4.74 Å². The van der Waals surface area contributed by atoms with E-state index in [9.17, 15) is 0 Å². The zero-order valence-corrected chi connectivity index (χ0v) is 13.0. The van der Waals surface area contributed by atoms with Gasteiger partial charge in [0.2, 0.25) is 5.88 Å². The van der Waals surface area contributed by atoms with Crippen LogP contribution >= 0.6 is 0 Å². The quantitative estimate of drug-likeness (QED) is 0.784. The first-order chi connectivity index (χ1) is 10.2. The average Bonchev–Trinajstić information content (AvgIpc) is 2.48. The van der Waals surface area contributed by atoms with Crippen molar-refractivity contribution in [1.29, 1.82) is 0 Å². The molecule has 2 aromatic rings. The minimum Gasteiger partial charge on any atom is -0.437 e. The van der Waals surface area contributed by atoms with Crippen LogP contribution in [0.3, 0.4) is 0 Å². The second-order valence-corrected chi connectivity index (χ2v) is 5.32. The average molecular weight is 285 g/mol. The van der Waals surface area contributed by atoms with Crippen molar-refractivity contribution in [3.8, 4) is 11.6 Å². The SMILES string of the molecule is CCCNCc1cncc(Oc2ccccc2C(C)C)n1. The fourth-order valence-electron chi connectivity index (χ4n) is 2.08. The van der Waals surface area contributed by atoms with Gasteiger partial charge in [0, 0.05) is 12.7 Å². The second-order valence-electron chi connectivity index (χ2n) is 5.32. The van der Waals surface area contributed by atoms with Crippen LogP contribution in [0.2, 0.25) is 0 Å². The minimum absolute atomic E-state index is 0.406. The maximum absolute atomic E-state index is 5.92. The summed E-state index contributed by atoms with van der Waals surface area (Å²) in [5.74, 6) is 1.79. The van der Waals surface area contributed by atoms with Crippen molar-refractivity contribution >= 4 is 0 Å². The van der Waals surface area contributed by atoms with Crippen molar-refractivity contribution in [2.45, 2.75) is 39.7 Å². The molecule has 0 bridgehead atoms. The van der Waals surface area contributed by atoms with E-state index in [1.165, 1.54) is 5.56 Å². The lowest BCUT2D eigenvalue weighted by atomic mass is 10.0. The predicted octanol–water partition coefficient (Wildman–Crippen LogP) is 3.89. The van der Waals surface area contributed by atoms with Crippen molar-refractivity contribution in [3.05, 3.63) is 47.9 Å². The molecule has 0 unspecified atom stereocenters. The van der Waals surface area contributed by atoms with Crippen LogP contribution in [0.15, 0.2) is 36.7 Å². The monoisotopic (exact) mass is 285 g/mol. The lowest BCUT2D eigenvalue weighted by Gasteiger charge is -2.13. The van der Waals surface area contributed by atoms with E-state index < -0.39 is 0 Å². The molecule has 1 heterocycles. The van der Waals surface area contributed by atoms with E-state index in [-0.39, 0.29) is 0 Å². The number of benzene rings is 1. The first kappa shape index (κ1) is 15.4. The Morgan fingerprint density at radius 1 is 1.19 bits per heavy atom. The van der Waals surface area contributed by atoms with E-state index >= 15 is 0 Å². The molecule has 0 amide bonds. The summed E-state index contributed by atoms with van der Waals surface area (Å²) < 4.78 is 5.92. The molecule has 2 rings (SSSR count). The number of aromatic nitrogens is 2. The lowest BCUT2D eigenvalue weighted by Crippen LogP contribution is -2.15. The van der Waals surface area contributed by atoms with Gasteiger partial charge in [0.05, 0.1) is 11.9 Å². The second kappa shape index (κ2) is 7.74. The Morgan fingerprint density at radius 3 is 2.76 bits per heavy atom. The fraction of sp³-hybridized carbons (Fsp3) is 0.412. The van der Waals surface area contributed by atoms with Gasteiger partial charge in [-0.3, -0.25) is 4.98 Å². The van der Waals surface area contributed by atoms with Gasteiger partial charge in [-0.25, -0.2) is 4.98 Å². The highest BCUT2D eigenvalue weighted by molar-refractivity contribution is 5.37. The van der Waals surface area contributed by atoms with Crippen LogP contribution in [0.1, 0.15) is 44.4 Å². The summed E-state index contributed by atoms with van der Waals surface area (Å²) >= 11 is 0. The number of nitrogens with one attached hydrogen (secondary N) is 1. The summed E-state index contributed by atoms with van der Waals surface area (Å²) in [5.41, 5.74) is 2.07. The molecule has 1 N–H and O–H groups in total. The summed E-state index contributed by atoms with van der Waals surface area (Å²) in [6, 6.07) is 8.05. The molecule has 0 saturated heterocycles. The van der Waals surface area contributed by atoms with Gasteiger partial charge in [-0.15, -0.1) is 0 Å². The van der Waals surface area contributed by atoms with Crippen LogP contribution in [0, 0.1) is 0 Å².